The molecule has 2 N–H and O–H groups in total. The first-order valence-corrected chi connectivity index (χ1v) is 8.06. The Morgan fingerprint density at radius 3 is 2.56 bits per heavy atom. The molecule has 0 spiro atoms. The van der Waals surface area contributed by atoms with Crippen LogP contribution in [0, 0.1) is 5.92 Å². The maximum Gasteiger partial charge on any atom is 0.276 e. The lowest BCUT2D eigenvalue weighted by Gasteiger charge is -2.12. The van der Waals surface area contributed by atoms with Crippen LogP contribution in [0.25, 0.3) is 10.8 Å². The third kappa shape index (κ3) is 3.52. The van der Waals surface area contributed by atoms with Crippen molar-refractivity contribution in [3.8, 4) is 5.75 Å². The van der Waals surface area contributed by atoms with Gasteiger partial charge in [0, 0.05) is 23.7 Å². The molecule has 1 heterocycles. The molecule has 3 rings (SSSR count). The summed E-state index contributed by atoms with van der Waals surface area (Å²) >= 11 is 0. The SMILES string of the molecule is CC(C)Cn1nc(C(=O)Nc2cccc(O)c2)c2ccccc2c1=O. The van der Waals surface area contributed by atoms with E-state index in [9.17, 15) is 14.7 Å². The molecule has 0 atom stereocenters. The lowest BCUT2D eigenvalue weighted by atomic mass is 10.1. The van der Waals surface area contributed by atoms with Crippen LogP contribution in [0.3, 0.4) is 0 Å². The number of phenols is 1. The molecule has 2 aromatic carbocycles. The lowest BCUT2D eigenvalue weighted by Crippen LogP contribution is -2.29. The number of rotatable bonds is 4. The van der Waals surface area contributed by atoms with Crippen LogP contribution < -0.4 is 10.9 Å². The molecule has 3 aromatic rings. The second kappa shape index (κ2) is 6.76. The summed E-state index contributed by atoms with van der Waals surface area (Å²) in [5.41, 5.74) is 0.426. The summed E-state index contributed by atoms with van der Waals surface area (Å²) in [5, 5.41) is 17.5. The molecule has 0 saturated heterocycles. The molecule has 0 fully saturated rings. The van der Waals surface area contributed by atoms with Gasteiger partial charge in [0.05, 0.1) is 5.39 Å². The van der Waals surface area contributed by atoms with E-state index < -0.39 is 5.91 Å². The molecule has 0 aliphatic rings. The molecule has 6 nitrogen and oxygen atoms in total. The Morgan fingerprint density at radius 1 is 1.16 bits per heavy atom. The van der Waals surface area contributed by atoms with Gasteiger partial charge >= 0.3 is 0 Å². The Kier molecular flexibility index (Phi) is 4.52. The Morgan fingerprint density at radius 2 is 1.88 bits per heavy atom. The summed E-state index contributed by atoms with van der Waals surface area (Å²) < 4.78 is 1.34. The van der Waals surface area contributed by atoms with Crippen molar-refractivity contribution in [2.24, 2.45) is 5.92 Å². The van der Waals surface area contributed by atoms with Gasteiger partial charge in [0.15, 0.2) is 5.69 Å². The fourth-order valence-corrected chi connectivity index (χ4v) is 2.65. The number of nitrogens with one attached hydrogen (secondary N) is 1. The first kappa shape index (κ1) is 16.7. The predicted octanol–water partition coefficient (Wildman–Crippen LogP) is 3.01. The number of nitrogens with zero attached hydrogens (tertiary/aromatic N) is 2. The summed E-state index contributed by atoms with van der Waals surface area (Å²) in [7, 11) is 0. The summed E-state index contributed by atoms with van der Waals surface area (Å²) in [5.74, 6) is -0.159. The second-order valence-electron chi connectivity index (χ2n) is 6.28. The predicted molar refractivity (Wildman–Crippen MR) is 96.9 cm³/mol. The van der Waals surface area contributed by atoms with Gasteiger partial charge in [0.25, 0.3) is 11.5 Å². The molecule has 6 heteroatoms. The molecule has 0 bridgehead atoms. The van der Waals surface area contributed by atoms with Gasteiger partial charge in [-0.2, -0.15) is 5.10 Å². The van der Waals surface area contributed by atoms with Crippen LogP contribution in [0.2, 0.25) is 0 Å². The first-order valence-electron chi connectivity index (χ1n) is 8.06. The van der Waals surface area contributed by atoms with Crippen molar-refractivity contribution < 1.29 is 9.90 Å². The average molecular weight is 337 g/mol. The summed E-state index contributed by atoms with van der Waals surface area (Å²) in [6.45, 7) is 4.39. The molecular formula is C19H19N3O3. The van der Waals surface area contributed by atoms with Crippen LogP contribution in [0.1, 0.15) is 24.3 Å². The lowest BCUT2D eigenvalue weighted by molar-refractivity contribution is 0.102. The molecule has 128 valence electrons. The van der Waals surface area contributed by atoms with Crippen LogP contribution >= 0.6 is 0 Å². The number of phenolic OH excluding ortho intramolecular Hbond substituents is 1. The van der Waals surface area contributed by atoms with E-state index in [-0.39, 0.29) is 22.9 Å². The second-order valence-corrected chi connectivity index (χ2v) is 6.28. The average Bonchev–Trinajstić information content (AvgIpc) is 2.57. The van der Waals surface area contributed by atoms with Gasteiger partial charge in [0.2, 0.25) is 0 Å². The molecule has 25 heavy (non-hydrogen) atoms. The van der Waals surface area contributed by atoms with E-state index in [1.807, 2.05) is 13.8 Å². The molecule has 0 unspecified atom stereocenters. The maximum atomic E-state index is 12.7. The molecule has 1 amide bonds. The quantitative estimate of drug-likeness (QED) is 0.766. The Labute approximate surface area is 144 Å². The third-order valence-electron chi connectivity index (χ3n) is 3.72. The highest BCUT2D eigenvalue weighted by Gasteiger charge is 2.17. The van der Waals surface area contributed by atoms with Crippen molar-refractivity contribution >= 4 is 22.4 Å². The largest absolute Gasteiger partial charge is 0.508 e. The van der Waals surface area contributed by atoms with E-state index in [1.54, 1.807) is 36.4 Å². The number of carbonyl (C=O) groups excluding carboxylic acids is 1. The van der Waals surface area contributed by atoms with Gasteiger partial charge < -0.3 is 10.4 Å². The molecule has 0 radical (unpaired) electrons. The monoisotopic (exact) mass is 337 g/mol. The highest BCUT2D eigenvalue weighted by molar-refractivity contribution is 6.11. The smallest absolute Gasteiger partial charge is 0.276 e. The number of hydrogen-bond donors (Lipinski definition) is 2. The van der Waals surface area contributed by atoms with Gasteiger partial charge in [-0.25, -0.2) is 4.68 Å². The minimum absolute atomic E-state index is 0.0559. The number of anilines is 1. The molecule has 0 aliphatic carbocycles. The summed E-state index contributed by atoms with van der Waals surface area (Å²) in [6.07, 6.45) is 0. The highest BCUT2D eigenvalue weighted by Crippen LogP contribution is 2.18. The summed E-state index contributed by atoms with van der Waals surface area (Å²) in [4.78, 5) is 25.3. The number of aromatic hydroxyl groups is 1. The normalized spacial score (nSPS) is 11.0. The van der Waals surface area contributed by atoms with Crippen molar-refractivity contribution in [1.82, 2.24) is 9.78 Å². The van der Waals surface area contributed by atoms with E-state index in [4.69, 9.17) is 0 Å². The Hall–Kier alpha value is -3.15. The zero-order valence-electron chi connectivity index (χ0n) is 14.1. The topological polar surface area (TPSA) is 84.2 Å². The van der Waals surface area contributed by atoms with E-state index in [0.29, 0.717) is 23.0 Å². The van der Waals surface area contributed by atoms with E-state index in [1.165, 1.54) is 16.8 Å². The molecular weight excluding hydrogens is 318 g/mol. The summed E-state index contributed by atoms with van der Waals surface area (Å²) in [6, 6.07) is 13.2. The number of hydrogen-bond acceptors (Lipinski definition) is 4. The van der Waals surface area contributed by atoms with Crippen LogP contribution in [0.4, 0.5) is 5.69 Å². The zero-order chi connectivity index (χ0) is 18.0. The third-order valence-corrected chi connectivity index (χ3v) is 3.72. The number of carbonyl (C=O) groups is 1. The zero-order valence-corrected chi connectivity index (χ0v) is 14.1. The van der Waals surface area contributed by atoms with Gasteiger partial charge in [0.1, 0.15) is 5.75 Å². The minimum Gasteiger partial charge on any atom is -0.508 e. The van der Waals surface area contributed by atoms with Gasteiger partial charge in [-0.15, -0.1) is 0 Å². The van der Waals surface area contributed by atoms with E-state index >= 15 is 0 Å². The maximum absolute atomic E-state index is 12.7. The minimum atomic E-state index is -0.431. The van der Waals surface area contributed by atoms with Crippen molar-refractivity contribution in [3.05, 3.63) is 64.6 Å². The Balaban J connectivity index is 2.09. The van der Waals surface area contributed by atoms with Crippen molar-refractivity contribution in [1.29, 1.82) is 0 Å². The standard InChI is InChI=1S/C19H19N3O3/c1-12(2)11-22-19(25)16-9-4-3-8-15(16)17(21-22)18(24)20-13-6-5-7-14(23)10-13/h3-10,12,23H,11H2,1-2H3,(H,20,24). The van der Waals surface area contributed by atoms with Crippen LogP contribution in [0.5, 0.6) is 5.75 Å². The molecule has 0 saturated carbocycles. The number of fused-ring (bicyclic) bond motifs is 1. The van der Waals surface area contributed by atoms with Gasteiger partial charge in [-0.3, -0.25) is 9.59 Å². The van der Waals surface area contributed by atoms with Crippen molar-refractivity contribution in [2.75, 3.05) is 5.32 Å². The first-order chi connectivity index (χ1) is 12.0. The fourth-order valence-electron chi connectivity index (χ4n) is 2.65. The number of aromatic nitrogens is 2. The van der Waals surface area contributed by atoms with Gasteiger partial charge in [-0.05, 0) is 24.1 Å². The Bertz CT molecular complexity index is 993. The van der Waals surface area contributed by atoms with Crippen molar-refractivity contribution in [2.45, 2.75) is 20.4 Å². The molecule has 1 aromatic heterocycles. The van der Waals surface area contributed by atoms with Crippen LogP contribution in [-0.2, 0) is 6.54 Å². The number of amides is 1. The van der Waals surface area contributed by atoms with Crippen molar-refractivity contribution in [3.63, 3.8) is 0 Å². The number of benzene rings is 2. The van der Waals surface area contributed by atoms with E-state index in [2.05, 4.69) is 10.4 Å². The van der Waals surface area contributed by atoms with Crippen LogP contribution in [0.15, 0.2) is 53.3 Å². The van der Waals surface area contributed by atoms with Gasteiger partial charge in [-0.1, -0.05) is 38.1 Å². The molecule has 0 aliphatic heterocycles. The van der Waals surface area contributed by atoms with Crippen LogP contribution in [-0.4, -0.2) is 20.8 Å². The highest BCUT2D eigenvalue weighted by atomic mass is 16.3. The van der Waals surface area contributed by atoms with E-state index in [0.717, 1.165) is 0 Å². The fraction of sp³-hybridized carbons (Fsp3) is 0.211.